The number of hydrogen-bond donors (Lipinski definition) is 1. The third-order valence-electron chi connectivity index (χ3n) is 5.02. The van der Waals surface area contributed by atoms with Crippen LogP contribution in [0.2, 0.25) is 0 Å². The summed E-state index contributed by atoms with van der Waals surface area (Å²) in [5, 5.41) is 10.4. The van der Waals surface area contributed by atoms with E-state index in [1.807, 2.05) is 0 Å². The van der Waals surface area contributed by atoms with Gasteiger partial charge >= 0.3 is 5.63 Å². The molecule has 0 spiro atoms. The van der Waals surface area contributed by atoms with Crippen molar-refractivity contribution in [3.8, 4) is 29.1 Å². The second-order valence-electron chi connectivity index (χ2n) is 6.48. The maximum Gasteiger partial charge on any atom is 0.344 e. The second-order valence-corrected chi connectivity index (χ2v) is 6.48. The first-order chi connectivity index (χ1) is 14.5. The molecule has 1 aliphatic heterocycles. The molecule has 0 bridgehead atoms. The lowest BCUT2D eigenvalue weighted by Crippen LogP contribution is -2.26. The summed E-state index contributed by atoms with van der Waals surface area (Å²) in [6.45, 7) is 0. The average Bonchev–Trinajstić information content (AvgIpc) is 2.77. The maximum absolute atomic E-state index is 13.0. The lowest BCUT2D eigenvalue weighted by Gasteiger charge is -2.27. The Morgan fingerprint density at radius 3 is 2.43 bits per heavy atom. The fourth-order valence-corrected chi connectivity index (χ4v) is 3.73. The van der Waals surface area contributed by atoms with Gasteiger partial charge in [-0.3, -0.25) is 0 Å². The van der Waals surface area contributed by atoms with Gasteiger partial charge in [-0.1, -0.05) is 18.2 Å². The van der Waals surface area contributed by atoms with E-state index in [4.69, 9.17) is 29.1 Å². The van der Waals surface area contributed by atoms with Crippen molar-refractivity contribution in [2.75, 3.05) is 21.3 Å². The van der Waals surface area contributed by atoms with Crippen molar-refractivity contribution in [2.24, 2.45) is 5.73 Å². The zero-order chi connectivity index (χ0) is 21.4. The van der Waals surface area contributed by atoms with Gasteiger partial charge in [-0.05, 0) is 18.2 Å². The van der Waals surface area contributed by atoms with Crippen LogP contribution in [-0.2, 0) is 0 Å². The molecule has 0 radical (unpaired) electrons. The highest BCUT2D eigenvalue weighted by Crippen LogP contribution is 2.50. The first-order valence-electron chi connectivity index (χ1n) is 8.97. The quantitative estimate of drug-likeness (QED) is 0.657. The first-order valence-corrected chi connectivity index (χ1v) is 8.97. The topological polar surface area (TPSA) is 117 Å². The van der Waals surface area contributed by atoms with Gasteiger partial charge in [-0.15, -0.1) is 0 Å². The van der Waals surface area contributed by atoms with Gasteiger partial charge in [0.25, 0.3) is 0 Å². The Labute approximate surface area is 171 Å². The molecule has 0 saturated heterocycles. The van der Waals surface area contributed by atoms with E-state index >= 15 is 0 Å². The predicted molar refractivity (Wildman–Crippen MR) is 108 cm³/mol. The van der Waals surface area contributed by atoms with E-state index in [0.29, 0.717) is 33.8 Å². The molecule has 2 N–H and O–H groups in total. The van der Waals surface area contributed by atoms with E-state index < -0.39 is 11.5 Å². The van der Waals surface area contributed by atoms with Crippen molar-refractivity contribution in [1.29, 1.82) is 5.26 Å². The van der Waals surface area contributed by atoms with Crippen LogP contribution < -0.4 is 30.3 Å². The van der Waals surface area contributed by atoms with Crippen molar-refractivity contribution in [2.45, 2.75) is 5.92 Å². The van der Waals surface area contributed by atoms with Crippen molar-refractivity contribution < 1.29 is 23.4 Å². The van der Waals surface area contributed by atoms with E-state index in [2.05, 4.69) is 6.07 Å². The van der Waals surface area contributed by atoms with E-state index in [0.717, 1.165) is 0 Å². The second kappa shape index (κ2) is 7.37. The summed E-state index contributed by atoms with van der Waals surface area (Å²) in [4.78, 5) is 13.0. The molecule has 0 saturated carbocycles. The van der Waals surface area contributed by atoms with Crippen molar-refractivity contribution >= 4 is 11.0 Å². The Balaban J connectivity index is 2.10. The lowest BCUT2D eigenvalue weighted by atomic mass is 9.83. The van der Waals surface area contributed by atoms with Crippen LogP contribution in [0.4, 0.5) is 0 Å². The SMILES string of the molecule is COc1ccc(C2C(C#N)=C(N)Oc3c2c(=O)oc2ccccc32)c(OC)c1OC. The van der Waals surface area contributed by atoms with Gasteiger partial charge in [0, 0.05) is 5.56 Å². The average molecular weight is 406 g/mol. The highest BCUT2D eigenvalue weighted by molar-refractivity contribution is 5.86. The Hall–Kier alpha value is -4.12. The highest BCUT2D eigenvalue weighted by Gasteiger charge is 2.38. The monoisotopic (exact) mass is 406 g/mol. The predicted octanol–water partition coefficient (Wildman–Crippen LogP) is 3.04. The molecular formula is C22H18N2O6. The summed E-state index contributed by atoms with van der Waals surface area (Å²) < 4.78 is 27.6. The molecule has 152 valence electrons. The number of nitriles is 1. The molecule has 2 heterocycles. The summed E-state index contributed by atoms with van der Waals surface area (Å²) in [6, 6.07) is 12.4. The first kappa shape index (κ1) is 19.2. The van der Waals surface area contributed by atoms with Crippen LogP contribution in [0.3, 0.4) is 0 Å². The number of fused-ring (bicyclic) bond motifs is 3. The van der Waals surface area contributed by atoms with E-state index in [1.54, 1.807) is 36.4 Å². The van der Waals surface area contributed by atoms with Crippen molar-refractivity contribution in [3.63, 3.8) is 0 Å². The summed E-state index contributed by atoms with van der Waals surface area (Å²) >= 11 is 0. The molecule has 0 fully saturated rings. The third-order valence-corrected chi connectivity index (χ3v) is 5.02. The number of ether oxygens (including phenoxy) is 4. The molecule has 0 aliphatic carbocycles. The minimum absolute atomic E-state index is 0.0654. The standard InChI is InChI=1S/C22H18N2O6/c1-26-15-9-8-12(19(27-2)20(15)28-3)16-13(10-23)21(24)30-18-11-6-4-5-7-14(11)29-22(25)17(16)18/h4-9,16H,24H2,1-3H3. The van der Waals surface area contributed by atoms with Crippen LogP contribution in [-0.4, -0.2) is 21.3 Å². The lowest BCUT2D eigenvalue weighted by molar-refractivity contribution is 0.321. The van der Waals surface area contributed by atoms with E-state index in [9.17, 15) is 10.1 Å². The van der Waals surface area contributed by atoms with E-state index in [-0.39, 0.29) is 22.8 Å². The minimum atomic E-state index is -0.880. The maximum atomic E-state index is 13.0. The summed E-state index contributed by atoms with van der Waals surface area (Å²) in [6.07, 6.45) is 0. The molecule has 3 aromatic rings. The molecule has 1 unspecified atom stereocenters. The number of nitrogens with two attached hydrogens (primary N) is 1. The molecular weight excluding hydrogens is 388 g/mol. The van der Waals surface area contributed by atoms with Gasteiger partial charge in [0.05, 0.1) is 38.2 Å². The van der Waals surface area contributed by atoms with Crippen LogP contribution >= 0.6 is 0 Å². The fourth-order valence-electron chi connectivity index (χ4n) is 3.73. The van der Waals surface area contributed by atoms with Crippen molar-refractivity contribution in [3.05, 3.63) is 69.4 Å². The van der Waals surface area contributed by atoms with Crippen LogP contribution in [0, 0.1) is 11.3 Å². The number of allylic oxidation sites excluding steroid dienone is 1. The number of methoxy groups -OCH3 is 3. The summed E-state index contributed by atoms with van der Waals surface area (Å²) in [5.41, 5.74) is 6.53. The highest BCUT2D eigenvalue weighted by atomic mass is 16.5. The normalized spacial score (nSPS) is 15.2. The number of rotatable bonds is 4. The molecule has 30 heavy (non-hydrogen) atoms. The zero-order valence-corrected chi connectivity index (χ0v) is 16.5. The Morgan fingerprint density at radius 1 is 1.03 bits per heavy atom. The van der Waals surface area contributed by atoms with E-state index in [1.165, 1.54) is 21.3 Å². The molecule has 8 nitrogen and oxygen atoms in total. The van der Waals surface area contributed by atoms with Crippen LogP contribution in [0.15, 0.2) is 57.1 Å². The molecule has 0 amide bonds. The van der Waals surface area contributed by atoms with Gasteiger partial charge in [0.15, 0.2) is 17.2 Å². The minimum Gasteiger partial charge on any atom is -0.493 e. The number of nitrogens with zero attached hydrogens (tertiary/aromatic N) is 1. The summed E-state index contributed by atoms with van der Waals surface area (Å²) in [7, 11) is 4.43. The fraction of sp³-hybridized carbons (Fsp3) is 0.182. The smallest absolute Gasteiger partial charge is 0.344 e. The number of benzene rings is 2. The zero-order valence-electron chi connectivity index (χ0n) is 16.5. The Kier molecular flexibility index (Phi) is 4.72. The van der Waals surface area contributed by atoms with Crippen LogP contribution in [0.1, 0.15) is 17.0 Å². The van der Waals surface area contributed by atoms with Gasteiger partial charge in [-0.25, -0.2) is 4.79 Å². The van der Waals surface area contributed by atoms with Gasteiger partial charge < -0.3 is 29.1 Å². The largest absolute Gasteiger partial charge is 0.493 e. The summed E-state index contributed by atoms with van der Waals surface area (Å²) in [5.74, 6) is 0.345. The van der Waals surface area contributed by atoms with Gasteiger partial charge in [-0.2, -0.15) is 5.26 Å². The van der Waals surface area contributed by atoms with Gasteiger partial charge in [0.2, 0.25) is 11.6 Å². The molecule has 4 rings (SSSR count). The molecule has 1 atom stereocenters. The van der Waals surface area contributed by atoms with Crippen LogP contribution in [0.5, 0.6) is 23.0 Å². The molecule has 1 aromatic heterocycles. The Bertz CT molecular complexity index is 1290. The molecule has 8 heteroatoms. The molecule has 2 aromatic carbocycles. The third kappa shape index (κ3) is 2.71. The number of para-hydroxylation sites is 1. The Morgan fingerprint density at radius 2 is 1.77 bits per heavy atom. The number of hydrogen-bond acceptors (Lipinski definition) is 8. The van der Waals surface area contributed by atoms with Crippen LogP contribution in [0.25, 0.3) is 11.0 Å². The van der Waals surface area contributed by atoms with Gasteiger partial charge in [0.1, 0.15) is 17.2 Å². The molecule has 1 aliphatic rings. The van der Waals surface area contributed by atoms with Crippen molar-refractivity contribution in [1.82, 2.24) is 0 Å².